The Labute approximate surface area is 179 Å². The molecule has 0 radical (unpaired) electrons. The lowest BCUT2D eigenvalue weighted by atomic mass is 10.1. The highest BCUT2D eigenvalue weighted by atomic mass is 14.9. The standard InChI is InChI=1S/C11H15N.C9H12.C8H12/c1-8(2)12-11-6-5-9(3)10(4)7-11;1-3-9-6-4-8(2)5-7-9;1-4-6-8(3)7-5-2/h5-7,12H,1H2,2-4H3;4-7H,3H2,1-2H3;4-7H,1H2,2-3H3/b;;7-5-,8-6-. The largest absolute Gasteiger partial charge is 0.360 e. The smallest absolute Gasteiger partial charge is 0.0384 e. The van der Waals surface area contributed by atoms with Gasteiger partial charge in [-0.1, -0.05) is 85.9 Å². The van der Waals surface area contributed by atoms with Crippen molar-refractivity contribution in [2.24, 2.45) is 0 Å². The molecule has 0 aromatic heterocycles. The second-order valence-electron chi connectivity index (χ2n) is 7.19. The monoisotopic (exact) mass is 389 g/mol. The van der Waals surface area contributed by atoms with Crippen molar-refractivity contribution in [3.8, 4) is 0 Å². The average molecular weight is 390 g/mol. The molecule has 0 saturated carbocycles. The summed E-state index contributed by atoms with van der Waals surface area (Å²) in [6.07, 6.45) is 8.95. The molecular formula is C28H39N. The van der Waals surface area contributed by atoms with Gasteiger partial charge in [-0.2, -0.15) is 0 Å². The van der Waals surface area contributed by atoms with Gasteiger partial charge in [0.25, 0.3) is 0 Å². The molecule has 0 atom stereocenters. The van der Waals surface area contributed by atoms with Gasteiger partial charge in [0.15, 0.2) is 0 Å². The van der Waals surface area contributed by atoms with E-state index >= 15 is 0 Å². The van der Waals surface area contributed by atoms with E-state index in [4.69, 9.17) is 0 Å². The van der Waals surface area contributed by atoms with E-state index in [2.05, 4.69) is 88.6 Å². The van der Waals surface area contributed by atoms with Crippen LogP contribution in [0.2, 0.25) is 0 Å². The fourth-order valence-electron chi connectivity index (χ4n) is 2.39. The number of benzene rings is 2. The Bertz CT molecular complexity index is 805. The Morgan fingerprint density at radius 3 is 2.03 bits per heavy atom. The summed E-state index contributed by atoms with van der Waals surface area (Å²) < 4.78 is 0. The van der Waals surface area contributed by atoms with Gasteiger partial charge in [0.2, 0.25) is 0 Å². The number of rotatable bonds is 5. The topological polar surface area (TPSA) is 12.0 Å². The van der Waals surface area contributed by atoms with E-state index in [1.54, 1.807) is 6.08 Å². The molecule has 29 heavy (non-hydrogen) atoms. The van der Waals surface area contributed by atoms with Gasteiger partial charge in [-0.25, -0.2) is 0 Å². The van der Waals surface area contributed by atoms with E-state index in [0.29, 0.717) is 0 Å². The summed E-state index contributed by atoms with van der Waals surface area (Å²) in [7, 11) is 0. The summed E-state index contributed by atoms with van der Waals surface area (Å²) in [5.41, 5.74) is 8.71. The lowest BCUT2D eigenvalue weighted by molar-refractivity contribution is 1.14. The van der Waals surface area contributed by atoms with Gasteiger partial charge in [-0.05, 0) is 76.8 Å². The highest BCUT2D eigenvalue weighted by Gasteiger charge is 1.94. The van der Waals surface area contributed by atoms with Crippen LogP contribution in [0.15, 0.2) is 91.2 Å². The zero-order valence-corrected chi connectivity index (χ0v) is 19.5. The molecule has 2 aromatic rings. The summed E-state index contributed by atoms with van der Waals surface area (Å²) >= 11 is 0. The first-order valence-electron chi connectivity index (χ1n) is 10.2. The maximum atomic E-state index is 3.79. The van der Waals surface area contributed by atoms with Gasteiger partial charge < -0.3 is 5.32 Å². The SMILES string of the molecule is C=C(C)Nc1ccc(C)c(C)c1.C=C/C=C(C)\C=C/C.CCc1ccc(C)cc1. The first kappa shape index (κ1) is 26.2. The van der Waals surface area contributed by atoms with E-state index in [1.165, 1.54) is 27.8 Å². The maximum Gasteiger partial charge on any atom is 0.0384 e. The van der Waals surface area contributed by atoms with Crippen LogP contribution in [0.5, 0.6) is 0 Å². The van der Waals surface area contributed by atoms with Gasteiger partial charge >= 0.3 is 0 Å². The van der Waals surface area contributed by atoms with Gasteiger partial charge in [0, 0.05) is 11.4 Å². The van der Waals surface area contributed by atoms with E-state index in [9.17, 15) is 0 Å². The summed E-state index contributed by atoms with van der Waals surface area (Å²) in [6.45, 7) is 21.9. The zero-order valence-electron chi connectivity index (χ0n) is 19.5. The van der Waals surface area contributed by atoms with Crippen LogP contribution in [0.3, 0.4) is 0 Å². The lowest BCUT2D eigenvalue weighted by Crippen LogP contribution is -1.94. The molecule has 0 aliphatic carbocycles. The third-order valence-corrected chi connectivity index (χ3v) is 4.20. The van der Waals surface area contributed by atoms with E-state index in [-0.39, 0.29) is 0 Å². The van der Waals surface area contributed by atoms with Crippen LogP contribution in [-0.2, 0) is 6.42 Å². The molecule has 1 N–H and O–H groups in total. The second-order valence-corrected chi connectivity index (χ2v) is 7.19. The highest BCUT2D eigenvalue weighted by molar-refractivity contribution is 5.51. The van der Waals surface area contributed by atoms with E-state index < -0.39 is 0 Å². The number of hydrogen-bond acceptors (Lipinski definition) is 1. The minimum absolute atomic E-state index is 0.971. The Morgan fingerprint density at radius 1 is 0.966 bits per heavy atom. The molecule has 1 heteroatoms. The van der Waals surface area contributed by atoms with E-state index in [1.807, 2.05) is 39.0 Å². The molecule has 0 aliphatic heterocycles. The van der Waals surface area contributed by atoms with Crippen LogP contribution >= 0.6 is 0 Å². The molecule has 0 aliphatic rings. The number of anilines is 1. The molecule has 0 heterocycles. The fraction of sp³-hybridized carbons (Fsp3) is 0.286. The Balaban J connectivity index is 0.000000417. The fourth-order valence-corrected chi connectivity index (χ4v) is 2.39. The number of aryl methyl sites for hydroxylation is 4. The third kappa shape index (κ3) is 13.1. The molecule has 1 nitrogen and oxygen atoms in total. The van der Waals surface area contributed by atoms with Crippen LogP contribution in [-0.4, -0.2) is 0 Å². The van der Waals surface area contributed by atoms with Crippen molar-refractivity contribution in [3.05, 3.63) is 113 Å². The summed E-state index contributed by atoms with van der Waals surface area (Å²) in [6, 6.07) is 15.0. The average Bonchev–Trinajstić information content (AvgIpc) is 2.66. The molecule has 0 spiro atoms. The first-order chi connectivity index (χ1) is 13.7. The lowest BCUT2D eigenvalue weighted by Gasteiger charge is -2.07. The number of allylic oxidation sites excluding steroid dienone is 6. The molecule has 0 unspecified atom stereocenters. The Hall–Kier alpha value is -2.80. The van der Waals surface area contributed by atoms with Gasteiger partial charge in [-0.3, -0.25) is 0 Å². The van der Waals surface area contributed by atoms with Crippen LogP contribution in [0, 0.1) is 20.8 Å². The molecule has 0 saturated heterocycles. The van der Waals surface area contributed by atoms with Crippen molar-refractivity contribution in [3.63, 3.8) is 0 Å². The van der Waals surface area contributed by atoms with Crippen LogP contribution < -0.4 is 5.32 Å². The minimum atomic E-state index is 0.971. The van der Waals surface area contributed by atoms with Crippen molar-refractivity contribution in [2.75, 3.05) is 5.32 Å². The Morgan fingerprint density at radius 2 is 1.59 bits per heavy atom. The highest BCUT2D eigenvalue weighted by Crippen LogP contribution is 2.15. The third-order valence-electron chi connectivity index (χ3n) is 4.20. The molecule has 0 amide bonds. The van der Waals surface area contributed by atoms with Crippen molar-refractivity contribution < 1.29 is 0 Å². The number of nitrogens with one attached hydrogen (secondary N) is 1. The Kier molecular flexibility index (Phi) is 13.7. The van der Waals surface area contributed by atoms with Crippen molar-refractivity contribution in [2.45, 2.75) is 54.9 Å². The van der Waals surface area contributed by atoms with Gasteiger partial charge in [0.1, 0.15) is 0 Å². The summed E-state index contributed by atoms with van der Waals surface area (Å²) in [5, 5.41) is 3.18. The molecule has 156 valence electrons. The zero-order chi connectivity index (χ0) is 22.2. The maximum absolute atomic E-state index is 3.79. The second kappa shape index (κ2) is 15.2. The van der Waals surface area contributed by atoms with Crippen molar-refractivity contribution in [1.82, 2.24) is 0 Å². The van der Waals surface area contributed by atoms with Gasteiger partial charge in [-0.15, -0.1) is 0 Å². The quantitative estimate of drug-likeness (QED) is 0.505. The molecule has 0 bridgehead atoms. The predicted octanol–water partition coefficient (Wildman–Crippen LogP) is 8.50. The van der Waals surface area contributed by atoms with E-state index in [0.717, 1.165) is 17.8 Å². The summed E-state index contributed by atoms with van der Waals surface area (Å²) in [4.78, 5) is 0. The summed E-state index contributed by atoms with van der Waals surface area (Å²) in [5.74, 6) is 0. The molecule has 0 fully saturated rings. The first-order valence-corrected chi connectivity index (χ1v) is 10.2. The number of hydrogen-bond donors (Lipinski definition) is 1. The van der Waals surface area contributed by atoms with Crippen molar-refractivity contribution >= 4 is 5.69 Å². The van der Waals surface area contributed by atoms with Crippen molar-refractivity contribution in [1.29, 1.82) is 0 Å². The molecule has 2 aromatic carbocycles. The molecular weight excluding hydrogens is 350 g/mol. The molecule has 2 rings (SSSR count). The predicted molar refractivity (Wildman–Crippen MR) is 134 cm³/mol. The normalized spacial score (nSPS) is 10.4. The van der Waals surface area contributed by atoms with Crippen LogP contribution in [0.25, 0.3) is 0 Å². The van der Waals surface area contributed by atoms with Gasteiger partial charge in [0.05, 0.1) is 0 Å². The van der Waals surface area contributed by atoms with Crippen LogP contribution in [0.1, 0.15) is 49.9 Å². The van der Waals surface area contributed by atoms with Crippen LogP contribution in [0.4, 0.5) is 5.69 Å². The minimum Gasteiger partial charge on any atom is -0.360 e.